The molecule has 1 aliphatic rings. The van der Waals surface area contributed by atoms with Gasteiger partial charge in [0.05, 0.1) is 26.0 Å². The van der Waals surface area contributed by atoms with Crippen molar-refractivity contribution in [1.29, 1.82) is 0 Å². The molecule has 23 heavy (non-hydrogen) atoms. The van der Waals surface area contributed by atoms with Gasteiger partial charge in [-0.05, 0) is 30.5 Å². The van der Waals surface area contributed by atoms with Gasteiger partial charge < -0.3 is 14.8 Å². The number of nitrogens with zero attached hydrogens (tertiary/aromatic N) is 3. The quantitative estimate of drug-likeness (QED) is 0.867. The smallest absolute Gasteiger partial charge is 0.273 e. The number of nitrogens with one attached hydrogen (secondary N) is 1. The highest BCUT2D eigenvalue weighted by atomic mass is 16.5. The summed E-state index contributed by atoms with van der Waals surface area (Å²) in [7, 11) is 1.63. The van der Waals surface area contributed by atoms with E-state index in [-0.39, 0.29) is 12.0 Å². The van der Waals surface area contributed by atoms with Crippen LogP contribution >= 0.6 is 0 Å². The minimum atomic E-state index is -0.221. The van der Waals surface area contributed by atoms with Crippen molar-refractivity contribution >= 4 is 5.91 Å². The molecule has 1 saturated heterocycles. The molecule has 0 radical (unpaired) electrons. The number of hydrogen-bond donors (Lipinski definition) is 1. The van der Waals surface area contributed by atoms with E-state index in [4.69, 9.17) is 9.47 Å². The highest BCUT2D eigenvalue weighted by Gasteiger charge is 2.18. The summed E-state index contributed by atoms with van der Waals surface area (Å²) in [6.07, 6.45) is 3.81. The van der Waals surface area contributed by atoms with Crippen molar-refractivity contribution in [3.8, 4) is 5.75 Å². The molecule has 1 atom stereocenters. The number of carbonyl (C=O) groups excluding carboxylic acids is 1. The van der Waals surface area contributed by atoms with Crippen LogP contribution in [0.1, 0.15) is 28.9 Å². The van der Waals surface area contributed by atoms with E-state index >= 15 is 0 Å². The number of benzene rings is 1. The Morgan fingerprint density at radius 3 is 2.96 bits per heavy atom. The second kappa shape index (κ2) is 7.23. The molecule has 2 aromatic rings. The first kappa shape index (κ1) is 15.5. The lowest BCUT2D eigenvalue weighted by Crippen LogP contribution is -2.31. The number of hydrogen-bond acceptors (Lipinski definition) is 5. The van der Waals surface area contributed by atoms with Gasteiger partial charge in [0.25, 0.3) is 5.91 Å². The van der Waals surface area contributed by atoms with E-state index < -0.39 is 0 Å². The molecule has 1 fully saturated rings. The van der Waals surface area contributed by atoms with Gasteiger partial charge in [-0.2, -0.15) is 0 Å². The van der Waals surface area contributed by atoms with Gasteiger partial charge in [0.2, 0.25) is 0 Å². The Morgan fingerprint density at radius 2 is 2.26 bits per heavy atom. The van der Waals surface area contributed by atoms with E-state index in [1.165, 1.54) is 0 Å². The van der Waals surface area contributed by atoms with Crippen molar-refractivity contribution in [3.63, 3.8) is 0 Å². The van der Waals surface area contributed by atoms with Gasteiger partial charge in [-0.3, -0.25) is 4.79 Å². The zero-order chi connectivity index (χ0) is 16.1. The molecule has 1 N–H and O–H groups in total. The molecule has 1 amide bonds. The Bertz CT molecular complexity index is 648. The lowest BCUT2D eigenvalue weighted by Gasteiger charge is -2.09. The summed E-state index contributed by atoms with van der Waals surface area (Å²) in [6.45, 7) is 1.85. The SMILES string of the molecule is COc1ccc(Cn2cc(C(=O)NCC3CCCO3)nn2)cc1. The number of rotatable bonds is 6. The maximum atomic E-state index is 12.1. The minimum Gasteiger partial charge on any atom is -0.497 e. The Balaban J connectivity index is 1.54. The summed E-state index contributed by atoms with van der Waals surface area (Å²) >= 11 is 0. The van der Waals surface area contributed by atoms with Gasteiger partial charge in [-0.15, -0.1) is 5.10 Å². The van der Waals surface area contributed by atoms with Gasteiger partial charge in [-0.1, -0.05) is 17.3 Å². The van der Waals surface area contributed by atoms with Crippen LogP contribution in [0.2, 0.25) is 0 Å². The molecular weight excluding hydrogens is 296 g/mol. The first-order chi connectivity index (χ1) is 11.2. The topological polar surface area (TPSA) is 78.3 Å². The summed E-state index contributed by atoms with van der Waals surface area (Å²) in [5.74, 6) is 0.586. The van der Waals surface area contributed by atoms with Crippen LogP contribution in [0.4, 0.5) is 0 Å². The Labute approximate surface area is 134 Å². The minimum absolute atomic E-state index is 0.119. The summed E-state index contributed by atoms with van der Waals surface area (Å²) in [6, 6.07) is 7.69. The first-order valence-electron chi connectivity index (χ1n) is 7.67. The fourth-order valence-electron chi connectivity index (χ4n) is 2.50. The average Bonchev–Trinajstić information content (AvgIpc) is 3.25. The highest BCUT2D eigenvalue weighted by molar-refractivity contribution is 5.91. The van der Waals surface area contributed by atoms with E-state index in [0.29, 0.717) is 18.8 Å². The van der Waals surface area contributed by atoms with Crippen LogP contribution in [0, 0.1) is 0 Å². The zero-order valence-electron chi connectivity index (χ0n) is 13.1. The van der Waals surface area contributed by atoms with Crippen LogP contribution in [0.25, 0.3) is 0 Å². The lowest BCUT2D eigenvalue weighted by atomic mass is 10.2. The molecule has 3 rings (SSSR count). The molecule has 7 heteroatoms. The lowest BCUT2D eigenvalue weighted by molar-refractivity contribution is 0.0853. The number of amides is 1. The van der Waals surface area contributed by atoms with E-state index in [0.717, 1.165) is 30.8 Å². The third kappa shape index (κ3) is 4.07. The molecule has 2 heterocycles. The molecule has 0 spiro atoms. The molecule has 1 unspecified atom stereocenters. The Kier molecular flexibility index (Phi) is 4.87. The summed E-state index contributed by atoms with van der Waals surface area (Å²) < 4.78 is 12.2. The maximum absolute atomic E-state index is 12.1. The molecule has 7 nitrogen and oxygen atoms in total. The number of aromatic nitrogens is 3. The van der Waals surface area contributed by atoms with Gasteiger partial charge in [0.15, 0.2) is 5.69 Å². The van der Waals surface area contributed by atoms with Crippen molar-refractivity contribution < 1.29 is 14.3 Å². The van der Waals surface area contributed by atoms with Gasteiger partial charge in [0.1, 0.15) is 5.75 Å². The monoisotopic (exact) mass is 316 g/mol. The molecule has 1 aliphatic heterocycles. The van der Waals surface area contributed by atoms with Crippen molar-refractivity contribution in [2.75, 3.05) is 20.3 Å². The summed E-state index contributed by atoms with van der Waals surface area (Å²) in [5.41, 5.74) is 1.37. The van der Waals surface area contributed by atoms with Crippen LogP contribution in [-0.2, 0) is 11.3 Å². The highest BCUT2D eigenvalue weighted by Crippen LogP contribution is 2.12. The van der Waals surface area contributed by atoms with Gasteiger partial charge in [-0.25, -0.2) is 4.68 Å². The van der Waals surface area contributed by atoms with Gasteiger partial charge >= 0.3 is 0 Å². The Morgan fingerprint density at radius 1 is 1.43 bits per heavy atom. The molecule has 0 aliphatic carbocycles. The number of methoxy groups -OCH3 is 1. The van der Waals surface area contributed by atoms with E-state index in [2.05, 4.69) is 15.6 Å². The van der Waals surface area contributed by atoms with Crippen LogP contribution in [0.15, 0.2) is 30.5 Å². The van der Waals surface area contributed by atoms with Crippen molar-refractivity contribution in [2.24, 2.45) is 0 Å². The standard InChI is InChI=1S/C16H20N4O3/c1-22-13-6-4-12(5-7-13)10-20-11-15(18-19-20)16(21)17-9-14-3-2-8-23-14/h4-7,11,14H,2-3,8-10H2,1H3,(H,17,21). The van der Waals surface area contributed by atoms with Crippen molar-refractivity contribution in [2.45, 2.75) is 25.5 Å². The fraction of sp³-hybridized carbons (Fsp3) is 0.438. The predicted molar refractivity (Wildman–Crippen MR) is 83.4 cm³/mol. The van der Waals surface area contributed by atoms with Crippen LogP contribution in [0.5, 0.6) is 5.75 Å². The fourth-order valence-corrected chi connectivity index (χ4v) is 2.50. The number of ether oxygens (including phenoxy) is 2. The van der Waals surface area contributed by atoms with Gasteiger partial charge in [0, 0.05) is 13.2 Å². The second-order valence-corrected chi connectivity index (χ2v) is 5.49. The molecular formula is C16H20N4O3. The normalized spacial score (nSPS) is 17.2. The molecule has 0 bridgehead atoms. The van der Waals surface area contributed by atoms with Crippen LogP contribution < -0.4 is 10.1 Å². The summed E-state index contributed by atoms with van der Waals surface area (Å²) in [5, 5.41) is 10.8. The molecule has 1 aromatic carbocycles. The van der Waals surface area contributed by atoms with E-state index in [9.17, 15) is 4.79 Å². The van der Waals surface area contributed by atoms with E-state index in [1.807, 2.05) is 24.3 Å². The second-order valence-electron chi connectivity index (χ2n) is 5.49. The first-order valence-corrected chi connectivity index (χ1v) is 7.67. The maximum Gasteiger partial charge on any atom is 0.273 e. The largest absolute Gasteiger partial charge is 0.497 e. The number of carbonyl (C=O) groups is 1. The van der Waals surface area contributed by atoms with Crippen LogP contribution in [0.3, 0.4) is 0 Å². The van der Waals surface area contributed by atoms with Crippen molar-refractivity contribution in [1.82, 2.24) is 20.3 Å². The summed E-state index contributed by atoms with van der Waals surface area (Å²) in [4.78, 5) is 12.1. The molecule has 1 aromatic heterocycles. The third-order valence-corrected chi connectivity index (χ3v) is 3.79. The molecule has 0 saturated carbocycles. The van der Waals surface area contributed by atoms with Crippen molar-refractivity contribution in [3.05, 3.63) is 41.7 Å². The van der Waals surface area contributed by atoms with Crippen LogP contribution in [-0.4, -0.2) is 47.3 Å². The Hall–Kier alpha value is -2.41. The predicted octanol–water partition coefficient (Wildman–Crippen LogP) is 1.24. The zero-order valence-corrected chi connectivity index (χ0v) is 13.1. The molecule has 122 valence electrons. The average molecular weight is 316 g/mol. The third-order valence-electron chi connectivity index (χ3n) is 3.79. The van der Waals surface area contributed by atoms with E-state index in [1.54, 1.807) is 18.0 Å².